The Balaban J connectivity index is 1.88. The van der Waals surface area contributed by atoms with E-state index in [9.17, 15) is 23.1 Å². The number of aromatic nitrogens is 2. The van der Waals surface area contributed by atoms with Gasteiger partial charge in [0.05, 0.1) is 16.5 Å². The predicted octanol–water partition coefficient (Wildman–Crippen LogP) is 4.68. The Morgan fingerprint density at radius 1 is 1.14 bits per heavy atom. The van der Waals surface area contributed by atoms with Crippen molar-refractivity contribution in [2.24, 2.45) is 0 Å². The van der Waals surface area contributed by atoms with Crippen LogP contribution in [0.1, 0.15) is 34.5 Å². The second kappa shape index (κ2) is 6.22. The van der Waals surface area contributed by atoms with Crippen LogP contribution in [0, 0.1) is 13.8 Å². The minimum atomic E-state index is -4.50. The Morgan fingerprint density at radius 3 is 2.46 bits per heavy atom. The third-order valence-corrected chi connectivity index (χ3v) is 5.03. The van der Waals surface area contributed by atoms with Crippen molar-refractivity contribution in [3.8, 4) is 5.75 Å². The maximum absolute atomic E-state index is 13.0. The van der Waals surface area contributed by atoms with Gasteiger partial charge in [-0.3, -0.25) is 9.36 Å². The average molecular weight is 386 g/mol. The lowest BCUT2D eigenvalue weighted by Gasteiger charge is -2.10. The molecule has 4 rings (SSSR count). The number of alkyl halides is 3. The second-order valence-electron chi connectivity index (χ2n) is 7.04. The first kappa shape index (κ1) is 18.3. The maximum Gasteiger partial charge on any atom is 0.416 e. The highest BCUT2D eigenvalue weighted by molar-refractivity contribution is 5.85. The fraction of sp³-hybridized carbons (Fsp3) is 0.238. The molecule has 2 heterocycles. The normalized spacial score (nSPS) is 15.4. The van der Waals surface area contributed by atoms with Gasteiger partial charge >= 0.3 is 6.18 Å². The summed E-state index contributed by atoms with van der Waals surface area (Å²) in [6.07, 6.45) is -2.07. The number of aryl methyl sites for hydroxylation is 2. The molecule has 0 unspecified atom stereocenters. The summed E-state index contributed by atoms with van der Waals surface area (Å²) in [7, 11) is 0. The number of hydrogen-bond donors (Lipinski definition) is 1. The summed E-state index contributed by atoms with van der Waals surface area (Å²) in [4.78, 5) is 17.1. The molecule has 0 aliphatic carbocycles. The van der Waals surface area contributed by atoms with E-state index >= 15 is 0 Å². The van der Waals surface area contributed by atoms with Crippen LogP contribution in [0.2, 0.25) is 0 Å². The minimum absolute atomic E-state index is 0.0388. The third kappa shape index (κ3) is 2.96. The predicted molar refractivity (Wildman–Crippen MR) is 101 cm³/mol. The highest BCUT2D eigenvalue weighted by Gasteiger charge is 2.31. The van der Waals surface area contributed by atoms with Crippen molar-refractivity contribution < 1.29 is 18.3 Å². The van der Waals surface area contributed by atoms with Gasteiger partial charge in [0.25, 0.3) is 5.56 Å². The first-order chi connectivity index (χ1) is 13.1. The van der Waals surface area contributed by atoms with Crippen LogP contribution in [0.5, 0.6) is 5.75 Å². The quantitative estimate of drug-likeness (QED) is 0.661. The van der Waals surface area contributed by atoms with Crippen LogP contribution in [-0.4, -0.2) is 14.7 Å². The summed E-state index contributed by atoms with van der Waals surface area (Å²) in [5.74, 6) is 0.620. The highest BCUT2D eigenvalue weighted by atomic mass is 19.4. The SMILES string of the molecule is Cc1cc(C=C2CCn3c2nc2cc(C(F)(F)F)ccc2c3=O)cc(C)c1O. The van der Waals surface area contributed by atoms with Crippen LogP contribution in [0.15, 0.2) is 35.1 Å². The van der Waals surface area contributed by atoms with Gasteiger partial charge in [-0.1, -0.05) is 0 Å². The Bertz CT molecular complexity index is 1180. The molecule has 1 aliphatic rings. The Morgan fingerprint density at radius 2 is 1.82 bits per heavy atom. The molecule has 0 amide bonds. The molecule has 3 aromatic rings. The zero-order valence-corrected chi connectivity index (χ0v) is 15.3. The Labute approximate surface area is 158 Å². The third-order valence-electron chi connectivity index (χ3n) is 5.03. The van der Waals surface area contributed by atoms with E-state index < -0.39 is 11.7 Å². The fourth-order valence-corrected chi connectivity index (χ4v) is 3.60. The van der Waals surface area contributed by atoms with E-state index in [1.54, 1.807) is 13.8 Å². The van der Waals surface area contributed by atoms with Gasteiger partial charge in [-0.25, -0.2) is 4.98 Å². The average Bonchev–Trinajstić information content (AvgIpc) is 3.01. The molecule has 4 nitrogen and oxygen atoms in total. The molecule has 144 valence electrons. The number of phenols is 1. The molecule has 1 aliphatic heterocycles. The van der Waals surface area contributed by atoms with Gasteiger partial charge < -0.3 is 5.11 Å². The number of hydrogen-bond acceptors (Lipinski definition) is 3. The standard InChI is InChI=1S/C21H17F3N2O2/c1-11-7-13(8-12(2)18(11)27)9-14-5-6-26-19(14)25-17-10-15(21(22,23)24)3-4-16(17)20(26)28/h3-4,7-10,27H,5-6H2,1-2H3. The van der Waals surface area contributed by atoms with Crippen LogP contribution in [0.4, 0.5) is 13.2 Å². The van der Waals surface area contributed by atoms with Crippen LogP contribution in [0.3, 0.4) is 0 Å². The summed E-state index contributed by atoms with van der Waals surface area (Å²) in [5.41, 5.74) is 1.94. The molecule has 0 spiro atoms. The monoisotopic (exact) mass is 386 g/mol. The number of phenolic OH excluding ortho intramolecular Hbond substituents is 1. The minimum Gasteiger partial charge on any atom is -0.507 e. The zero-order chi connectivity index (χ0) is 20.2. The number of rotatable bonds is 1. The van der Waals surface area contributed by atoms with Gasteiger partial charge in [-0.2, -0.15) is 13.2 Å². The van der Waals surface area contributed by atoms with E-state index in [1.807, 2.05) is 18.2 Å². The summed E-state index contributed by atoms with van der Waals surface area (Å²) in [6.45, 7) is 4.02. The maximum atomic E-state index is 13.0. The molecule has 0 saturated carbocycles. The lowest BCUT2D eigenvalue weighted by Crippen LogP contribution is -2.21. The lowest BCUT2D eigenvalue weighted by molar-refractivity contribution is -0.137. The van der Waals surface area contributed by atoms with Crippen molar-refractivity contribution in [2.75, 3.05) is 0 Å². The van der Waals surface area contributed by atoms with Gasteiger partial charge in [0, 0.05) is 6.54 Å². The van der Waals surface area contributed by atoms with Crippen LogP contribution < -0.4 is 5.56 Å². The highest BCUT2D eigenvalue weighted by Crippen LogP contribution is 2.33. The lowest BCUT2D eigenvalue weighted by atomic mass is 10.0. The first-order valence-electron chi connectivity index (χ1n) is 8.78. The Hall–Kier alpha value is -3.09. The first-order valence-corrected chi connectivity index (χ1v) is 8.78. The van der Waals surface area contributed by atoms with E-state index in [4.69, 9.17) is 0 Å². The van der Waals surface area contributed by atoms with E-state index in [1.165, 1.54) is 10.6 Å². The van der Waals surface area contributed by atoms with Crippen molar-refractivity contribution in [3.05, 3.63) is 68.8 Å². The molecule has 28 heavy (non-hydrogen) atoms. The van der Waals surface area contributed by atoms with Gasteiger partial charge in [-0.15, -0.1) is 0 Å². The summed E-state index contributed by atoms with van der Waals surface area (Å²) < 4.78 is 40.6. The smallest absolute Gasteiger partial charge is 0.416 e. The van der Waals surface area contributed by atoms with Crippen LogP contribution in [0.25, 0.3) is 22.6 Å². The number of aromatic hydroxyl groups is 1. The molecule has 0 radical (unpaired) electrons. The molecule has 0 bridgehead atoms. The summed E-state index contributed by atoms with van der Waals surface area (Å²) in [6, 6.07) is 6.65. The molecule has 7 heteroatoms. The number of halogens is 3. The summed E-state index contributed by atoms with van der Waals surface area (Å²) >= 11 is 0. The van der Waals surface area contributed by atoms with E-state index in [0.29, 0.717) is 18.8 Å². The molecule has 0 atom stereocenters. The topological polar surface area (TPSA) is 55.1 Å². The summed E-state index contributed by atoms with van der Waals surface area (Å²) in [5, 5.41) is 10.1. The van der Waals surface area contributed by atoms with Crippen LogP contribution >= 0.6 is 0 Å². The molecule has 1 N–H and O–H groups in total. The molecule has 0 saturated heterocycles. The zero-order valence-electron chi connectivity index (χ0n) is 15.3. The van der Waals surface area contributed by atoms with Gasteiger partial charge in [-0.05, 0) is 78.9 Å². The molecular weight excluding hydrogens is 369 g/mol. The number of nitrogens with zero attached hydrogens (tertiary/aromatic N) is 2. The van der Waals surface area contributed by atoms with Crippen molar-refractivity contribution in [3.63, 3.8) is 0 Å². The number of fused-ring (bicyclic) bond motifs is 2. The molecule has 2 aromatic carbocycles. The Kier molecular flexibility index (Phi) is 4.06. The largest absolute Gasteiger partial charge is 0.507 e. The van der Waals surface area contributed by atoms with Gasteiger partial charge in [0.2, 0.25) is 0 Å². The molecule has 1 aromatic heterocycles. The van der Waals surface area contributed by atoms with E-state index in [0.717, 1.165) is 34.4 Å². The van der Waals surface area contributed by atoms with Crippen molar-refractivity contribution in [1.82, 2.24) is 9.55 Å². The van der Waals surface area contributed by atoms with E-state index in [2.05, 4.69) is 4.98 Å². The van der Waals surface area contributed by atoms with E-state index in [-0.39, 0.29) is 22.2 Å². The van der Waals surface area contributed by atoms with Crippen molar-refractivity contribution in [2.45, 2.75) is 33.0 Å². The van der Waals surface area contributed by atoms with Crippen LogP contribution in [-0.2, 0) is 12.7 Å². The van der Waals surface area contributed by atoms with Crippen molar-refractivity contribution in [1.29, 1.82) is 0 Å². The number of allylic oxidation sites excluding steroid dienone is 1. The van der Waals surface area contributed by atoms with Gasteiger partial charge in [0.1, 0.15) is 11.6 Å². The number of benzene rings is 2. The van der Waals surface area contributed by atoms with Gasteiger partial charge in [0.15, 0.2) is 0 Å². The molecule has 0 fully saturated rings. The fourth-order valence-electron chi connectivity index (χ4n) is 3.60. The van der Waals surface area contributed by atoms with Crippen molar-refractivity contribution >= 4 is 22.6 Å². The molecular formula is C21H17F3N2O2. The second-order valence-corrected chi connectivity index (χ2v) is 7.04.